The van der Waals surface area contributed by atoms with E-state index >= 15 is 0 Å². The van der Waals surface area contributed by atoms with Crippen molar-refractivity contribution in [2.24, 2.45) is 0 Å². The Bertz CT molecular complexity index is 312. The maximum Gasteiger partial charge on any atom is 0.303 e. The van der Waals surface area contributed by atoms with Gasteiger partial charge in [0.1, 0.15) is 0 Å². The third kappa shape index (κ3) is 21.1. The third-order valence-corrected chi connectivity index (χ3v) is 4.82. The molecule has 148 valence electrons. The van der Waals surface area contributed by atoms with Crippen molar-refractivity contribution in [2.45, 2.75) is 122 Å². The van der Waals surface area contributed by atoms with E-state index in [9.17, 15) is 9.90 Å². The molecule has 0 aliphatic rings. The fourth-order valence-corrected chi connectivity index (χ4v) is 3.19. The van der Waals surface area contributed by atoms with E-state index in [1.165, 1.54) is 70.6 Å². The van der Waals surface area contributed by atoms with Gasteiger partial charge in [-0.2, -0.15) is 0 Å². The van der Waals surface area contributed by atoms with Gasteiger partial charge >= 0.3 is 5.97 Å². The van der Waals surface area contributed by atoms with Crippen molar-refractivity contribution in [3.8, 4) is 0 Å². The van der Waals surface area contributed by atoms with E-state index in [1.807, 2.05) is 19.1 Å². The largest absolute Gasteiger partial charge is 0.481 e. The molecule has 0 saturated carbocycles. The lowest BCUT2D eigenvalue weighted by atomic mass is 10.0. The Morgan fingerprint density at radius 2 is 1.16 bits per heavy atom. The van der Waals surface area contributed by atoms with E-state index in [0.717, 1.165) is 32.1 Å². The second-order valence-electron chi connectivity index (χ2n) is 7.34. The van der Waals surface area contributed by atoms with Crippen LogP contribution in [0.15, 0.2) is 12.2 Å². The quantitative estimate of drug-likeness (QED) is 0.202. The van der Waals surface area contributed by atoms with Crippen molar-refractivity contribution >= 4 is 5.97 Å². The van der Waals surface area contributed by atoms with Gasteiger partial charge in [-0.05, 0) is 26.2 Å². The van der Waals surface area contributed by atoms with E-state index in [-0.39, 0.29) is 6.10 Å². The van der Waals surface area contributed by atoms with Gasteiger partial charge in [0, 0.05) is 6.42 Å². The SMILES string of the molecule is CC=CCC(O)CCCCCCCCCCCCCCCCC(=O)O. The number of aliphatic hydroxyl groups excluding tert-OH is 1. The molecular weight excluding hydrogens is 312 g/mol. The summed E-state index contributed by atoms with van der Waals surface area (Å²) in [7, 11) is 0. The zero-order valence-electron chi connectivity index (χ0n) is 16.6. The number of aliphatic hydroxyl groups is 1. The Hall–Kier alpha value is -0.830. The van der Waals surface area contributed by atoms with Crippen molar-refractivity contribution in [1.29, 1.82) is 0 Å². The second-order valence-corrected chi connectivity index (χ2v) is 7.34. The second kappa shape index (κ2) is 19.5. The summed E-state index contributed by atoms with van der Waals surface area (Å²) < 4.78 is 0. The number of aliphatic carboxylic acids is 1. The number of allylic oxidation sites excluding steroid dienone is 1. The summed E-state index contributed by atoms with van der Waals surface area (Å²) in [5, 5.41) is 18.3. The first-order chi connectivity index (χ1) is 12.2. The normalized spacial score (nSPS) is 12.7. The van der Waals surface area contributed by atoms with Gasteiger partial charge in [-0.3, -0.25) is 4.79 Å². The first-order valence-electron chi connectivity index (χ1n) is 10.7. The summed E-state index contributed by atoms with van der Waals surface area (Å²) >= 11 is 0. The van der Waals surface area contributed by atoms with Crippen LogP contribution in [0.2, 0.25) is 0 Å². The van der Waals surface area contributed by atoms with Crippen LogP contribution in [0.25, 0.3) is 0 Å². The molecule has 0 amide bonds. The first kappa shape index (κ1) is 24.2. The summed E-state index contributed by atoms with van der Waals surface area (Å²) in [6.07, 6.45) is 23.5. The van der Waals surface area contributed by atoms with Crippen LogP contribution >= 0.6 is 0 Å². The minimum absolute atomic E-state index is 0.145. The standard InChI is InChI=1S/C22H42O3/c1-2-3-18-21(23)19-16-14-12-10-8-6-4-5-7-9-11-13-15-17-20-22(24)25/h2-3,21,23H,4-20H2,1H3,(H,24,25). The van der Waals surface area contributed by atoms with Gasteiger partial charge in [-0.25, -0.2) is 0 Å². The highest BCUT2D eigenvalue weighted by Crippen LogP contribution is 2.14. The molecule has 0 aromatic rings. The summed E-state index contributed by atoms with van der Waals surface area (Å²) in [6.45, 7) is 2.00. The Morgan fingerprint density at radius 3 is 1.56 bits per heavy atom. The first-order valence-corrected chi connectivity index (χ1v) is 10.7. The highest BCUT2D eigenvalue weighted by Gasteiger charge is 2.01. The van der Waals surface area contributed by atoms with Crippen LogP contribution in [0.4, 0.5) is 0 Å². The highest BCUT2D eigenvalue weighted by atomic mass is 16.4. The highest BCUT2D eigenvalue weighted by molar-refractivity contribution is 5.66. The van der Waals surface area contributed by atoms with Crippen LogP contribution in [-0.2, 0) is 4.79 Å². The molecule has 0 saturated heterocycles. The number of hydrogen-bond acceptors (Lipinski definition) is 2. The molecule has 1 atom stereocenters. The van der Waals surface area contributed by atoms with Gasteiger partial charge in [0.2, 0.25) is 0 Å². The molecule has 0 spiro atoms. The topological polar surface area (TPSA) is 57.5 Å². The van der Waals surface area contributed by atoms with E-state index in [4.69, 9.17) is 5.11 Å². The molecule has 0 radical (unpaired) electrons. The van der Waals surface area contributed by atoms with Crippen molar-refractivity contribution in [3.63, 3.8) is 0 Å². The zero-order chi connectivity index (χ0) is 18.6. The molecule has 2 N–H and O–H groups in total. The van der Waals surface area contributed by atoms with Crippen LogP contribution < -0.4 is 0 Å². The predicted octanol–water partition coefficient (Wildman–Crippen LogP) is 6.64. The molecule has 25 heavy (non-hydrogen) atoms. The average molecular weight is 355 g/mol. The van der Waals surface area contributed by atoms with E-state index in [2.05, 4.69) is 0 Å². The molecule has 1 unspecified atom stereocenters. The van der Waals surface area contributed by atoms with Crippen LogP contribution in [0, 0.1) is 0 Å². The molecule has 0 aliphatic heterocycles. The van der Waals surface area contributed by atoms with Crippen molar-refractivity contribution < 1.29 is 15.0 Å². The summed E-state index contributed by atoms with van der Waals surface area (Å²) in [6, 6.07) is 0. The molecule has 0 aliphatic carbocycles. The Labute approximate surface area is 155 Å². The van der Waals surface area contributed by atoms with Crippen LogP contribution in [0.1, 0.15) is 116 Å². The fraction of sp³-hybridized carbons (Fsp3) is 0.864. The summed E-state index contributed by atoms with van der Waals surface area (Å²) in [5.74, 6) is -0.665. The van der Waals surface area contributed by atoms with Crippen LogP contribution in [0.5, 0.6) is 0 Å². The molecule has 0 bridgehead atoms. The predicted molar refractivity (Wildman–Crippen MR) is 107 cm³/mol. The molecule has 0 fully saturated rings. The van der Waals surface area contributed by atoms with E-state index < -0.39 is 5.97 Å². The monoisotopic (exact) mass is 354 g/mol. The lowest BCUT2D eigenvalue weighted by Crippen LogP contribution is -2.04. The van der Waals surface area contributed by atoms with Crippen molar-refractivity contribution in [3.05, 3.63) is 12.2 Å². The Balaban J connectivity index is 3.08. The number of unbranched alkanes of at least 4 members (excludes halogenated alkanes) is 13. The average Bonchev–Trinajstić information content (AvgIpc) is 2.59. The number of rotatable bonds is 19. The Morgan fingerprint density at radius 1 is 0.760 bits per heavy atom. The van der Waals surface area contributed by atoms with Gasteiger partial charge in [-0.15, -0.1) is 0 Å². The van der Waals surface area contributed by atoms with Crippen LogP contribution in [-0.4, -0.2) is 22.3 Å². The smallest absolute Gasteiger partial charge is 0.303 e. The maximum absolute atomic E-state index is 10.4. The molecule has 0 aromatic heterocycles. The molecule has 0 heterocycles. The number of hydrogen-bond donors (Lipinski definition) is 2. The zero-order valence-corrected chi connectivity index (χ0v) is 16.6. The van der Waals surface area contributed by atoms with Gasteiger partial charge in [0.15, 0.2) is 0 Å². The lowest BCUT2D eigenvalue weighted by molar-refractivity contribution is -0.137. The van der Waals surface area contributed by atoms with Gasteiger partial charge in [-0.1, -0.05) is 95.6 Å². The minimum atomic E-state index is -0.665. The fourth-order valence-electron chi connectivity index (χ4n) is 3.19. The van der Waals surface area contributed by atoms with Crippen molar-refractivity contribution in [1.82, 2.24) is 0 Å². The molecule has 3 nitrogen and oxygen atoms in total. The number of carboxylic acids is 1. The van der Waals surface area contributed by atoms with Gasteiger partial charge in [0.25, 0.3) is 0 Å². The third-order valence-electron chi connectivity index (χ3n) is 4.82. The molecule has 0 rings (SSSR count). The van der Waals surface area contributed by atoms with Crippen LogP contribution in [0.3, 0.4) is 0 Å². The molecule has 0 aromatic carbocycles. The minimum Gasteiger partial charge on any atom is -0.481 e. The van der Waals surface area contributed by atoms with Gasteiger partial charge in [0.05, 0.1) is 6.10 Å². The molecule has 3 heteroatoms. The Kier molecular flexibility index (Phi) is 18.8. The van der Waals surface area contributed by atoms with E-state index in [1.54, 1.807) is 0 Å². The summed E-state index contributed by atoms with van der Waals surface area (Å²) in [5.41, 5.74) is 0. The maximum atomic E-state index is 10.4. The number of carbonyl (C=O) groups is 1. The van der Waals surface area contributed by atoms with E-state index in [0.29, 0.717) is 6.42 Å². The number of carboxylic acid groups (broad SMARTS) is 1. The summed E-state index contributed by atoms with van der Waals surface area (Å²) in [4.78, 5) is 10.4. The van der Waals surface area contributed by atoms with Crippen molar-refractivity contribution in [2.75, 3.05) is 0 Å². The molecular formula is C22H42O3. The lowest BCUT2D eigenvalue weighted by Gasteiger charge is -2.07. The van der Waals surface area contributed by atoms with Gasteiger partial charge < -0.3 is 10.2 Å².